The van der Waals surface area contributed by atoms with E-state index in [0.717, 1.165) is 12.8 Å². The molecule has 2 nitrogen and oxygen atoms in total. The van der Waals surface area contributed by atoms with E-state index in [0.29, 0.717) is 0 Å². The highest BCUT2D eigenvalue weighted by atomic mass is 16.7. The third kappa shape index (κ3) is 7.21. The Morgan fingerprint density at radius 1 is 0.600 bits per heavy atom. The molecule has 2 heteroatoms. The summed E-state index contributed by atoms with van der Waals surface area (Å²) in [5.41, 5.74) is 0. The van der Waals surface area contributed by atoms with Crippen LogP contribution in [0.15, 0.2) is 12.5 Å². The van der Waals surface area contributed by atoms with Crippen LogP contribution in [0.3, 0.4) is 0 Å². The summed E-state index contributed by atoms with van der Waals surface area (Å²) in [5.74, 6) is -0.322. The number of rotatable bonds is 13. The third-order valence-corrected chi connectivity index (χ3v) is 4.19. The molecule has 0 unspecified atom stereocenters. The van der Waals surface area contributed by atoms with Crippen molar-refractivity contribution in [2.24, 2.45) is 0 Å². The predicted molar refractivity (Wildman–Crippen MR) is 85.4 cm³/mol. The number of hydrogen-bond donors (Lipinski definition) is 0. The lowest BCUT2D eigenvalue weighted by Crippen LogP contribution is -2.29. The molecule has 0 saturated carbocycles. The summed E-state index contributed by atoms with van der Waals surface area (Å²) in [7, 11) is 0. The minimum atomic E-state index is -0.322. The molecule has 1 heterocycles. The normalized spacial score (nSPS) is 16.1. The molecule has 0 aromatic rings. The molecule has 1 aliphatic heterocycles. The first-order chi connectivity index (χ1) is 9.83. The van der Waals surface area contributed by atoms with Crippen molar-refractivity contribution in [1.82, 2.24) is 0 Å². The zero-order chi connectivity index (χ0) is 14.5. The zero-order valence-corrected chi connectivity index (χ0v) is 13.7. The molecule has 0 spiro atoms. The molecule has 0 bridgehead atoms. The second-order valence-electron chi connectivity index (χ2n) is 6.10. The van der Waals surface area contributed by atoms with Gasteiger partial charge in [0.15, 0.2) is 0 Å². The third-order valence-electron chi connectivity index (χ3n) is 4.19. The van der Waals surface area contributed by atoms with Gasteiger partial charge in [-0.15, -0.1) is 0 Å². The van der Waals surface area contributed by atoms with Crippen molar-refractivity contribution >= 4 is 0 Å². The number of hydrogen-bond acceptors (Lipinski definition) is 2. The summed E-state index contributed by atoms with van der Waals surface area (Å²) in [6, 6.07) is 0. The predicted octanol–water partition coefficient (Wildman–Crippen LogP) is 6.31. The Morgan fingerprint density at radius 2 is 1.00 bits per heavy atom. The average molecular weight is 282 g/mol. The Hall–Kier alpha value is -0.660. The molecule has 0 atom stereocenters. The zero-order valence-electron chi connectivity index (χ0n) is 13.7. The standard InChI is InChI=1S/C18H34O2/c1-3-5-7-9-11-13-15-18(19-16-17-20-18)14-12-10-8-6-4-2/h16-17H,3-15H2,1-2H3. The van der Waals surface area contributed by atoms with E-state index in [9.17, 15) is 0 Å². The average Bonchev–Trinajstić information content (AvgIpc) is 2.92. The maximum absolute atomic E-state index is 5.77. The maximum atomic E-state index is 5.77. The van der Waals surface area contributed by atoms with Gasteiger partial charge in [-0.1, -0.05) is 71.6 Å². The SMILES string of the molecule is CCCCCCCCC1(CCCCCCC)OC=CO1. The fraction of sp³-hybridized carbons (Fsp3) is 0.889. The number of ether oxygens (including phenoxy) is 2. The summed E-state index contributed by atoms with van der Waals surface area (Å²) >= 11 is 0. The molecule has 0 aromatic heterocycles. The van der Waals surface area contributed by atoms with E-state index >= 15 is 0 Å². The van der Waals surface area contributed by atoms with Crippen LogP contribution in [-0.4, -0.2) is 5.79 Å². The first-order valence-electron chi connectivity index (χ1n) is 8.83. The second kappa shape index (κ2) is 11.0. The van der Waals surface area contributed by atoms with Crippen LogP contribution < -0.4 is 0 Å². The van der Waals surface area contributed by atoms with E-state index < -0.39 is 0 Å². The Balaban J connectivity index is 2.11. The molecule has 0 aromatic carbocycles. The van der Waals surface area contributed by atoms with Crippen molar-refractivity contribution in [2.75, 3.05) is 0 Å². The quantitative estimate of drug-likeness (QED) is 0.368. The summed E-state index contributed by atoms with van der Waals surface area (Å²) in [5, 5.41) is 0. The van der Waals surface area contributed by atoms with Gasteiger partial charge >= 0.3 is 0 Å². The highest BCUT2D eigenvalue weighted by Crippen LogP contribution is 2.32. The fourth-order valence-electron chi connectivity index (χ4n) is 2.86. The van der Waals surface area contributed by atoms with Gasteiger partial charge in [-0.05, 0) is 12.8 Å². The van der Waals surface area contributed by atoms with Crippen LogP contribution in [0.2, 0.25) is 0 Å². The molecule has 0 N–H and O–H groups in total. The molecule has 0 fully saturated rings. The van der Waals surface area contributed by atoms with Gasteiger partial charge in [-0.2, -0.15) is 0 Å². The van der Waals surface area contributed by atoms with E-state index in [1.807, 2.05) is 0 Å². The summed E-state index contributed by atoms with van der Waals surface area (Å²) in [6.45, 7) is 4.52. The number of unbranched alkanes of at least 4 members (excludes halogenated alkanes) is 9. The Bertz CT molecular complexity index is 240. The van der Waals surface area contributed by atoms with Crippen LogP contribution in [0.4, 0.5) is 0 Å². The van der Waals surface area contributed by atoms with Gasteiger partial charge in [0.25, 0.3) is 0 Å². The van der Waals surface area contributed by atoms with Crippen LogP contribution in [0.5, 0.6) is 0 Å². The van der Waals surface area contributed by atoms with Gasteiger partial charge in [0.1, 0.15) is 12.5 Å². The van der Waals surface area contributed by atoms with E-state index in [2.05, 4.69) is 13.8 Å². The van der Waals surface area contributed by atoms with Crippen molar-refractivity contribution in [1.29, 1.82) is 0 Å². The van der Waals surface area contributed by atoms with Gasteiger partial charge in [-0.3, -0.25) is 0 Å². The minimum Gasteiger partial charge on any atom is -0.457 e. The first-order valence-corrected chi connectivity index (χ1v) is 8.83. The Kier molecular flexibility index (Phi) is 9.61. The molecule has 1 aliphatic rings. The molecule has 1 rings (SSSR count). The van der Waals surface area contributed by atoms with Crippen LogP contribution in [0.25, 0.3) is 0 Å². The maximum Gasteiger partial charge on any atom is 0.249 e. The second-order valence-corrected chi connectivity index (χ2v) is 6.10. The fourth-order valence-corrected chi connectivity index (χ4v) is 2.86. The topological polar surface area (TPSA) is 18.5 Å². The smallest absolute Gasteiger partial charge is 0.249 e. The van der Waals surface area contributed by atoms with Gasteiger partial charge in [0, 0.05) is 12.8 Å². The van der Waals surface area contributed by atoms with Gasteiger partial charge in [-0.25, -0.2) is 0 Å². The highest BCUT2D eigenvalue weighted by Gasteiger charge is 2.34. The first kappa shape index (κ1) is 17.4. The Labute approximate surface area is 125 Å². The van der Waals surface area contributed by atoms with E-state index in [-0.39, 0.29) is 5.79 Å². The molecule has 20 heavy (non-hydrogen) atoms. The van der Waals surface area contributed by atoms with Crippen molar-refractivity contribution in [2.45, 2.75) is 103 Å². The summed E-state index contributed by atoms with van der Waals surface area (Å²) < 4.78 is 11.5. The van der Waals surface area contributed by atoms with Gasteiger partial charge in [0.05, 0.1) is 0 Å². The molecular weight excluding hydrogens is 248 g/mol. The van der Waals surface area contributed by atoms with Crippen LogP contribution in [0.1, 0.15) is 97.3 Å². The van der Waals surface area contributed by atoms with Crippen LogP contribution in [0, 0.1) is 0 Å². The van der Waals surface area contributed by atoms with E-state index in [1.165, 1.54) is 70.6 Å². The lowest BCUT2D eigenvalue weighted by Gasteiger charge is -2.28. The van der Waals surface area contributed by atoms with Crippen molar-refractivity contribution in [3.63, 3.8) is 0 Å². The minimum absolute atomic E-state index is 0.322. The molecule has 0 amide bonds. The summed E-state index contributed by atoms with van der Waals surface area (Å²) in [6.07, 6.45) is 20.0. The van der Waals surface area contributed by atoms with Crippen LogP contribution in [-0.2, 0) is 9.47 Å². The molecule has 0 aliphatic carbocycles. The van der Waals surface area contributed by atoms with E-state index in [1.54, 1.807) is 12.5 Å². The molecule has 118 valence electrons. The lowest BCUT2D eigenvalue weighted by molar-refractivity contribution is -0.153. The van der Waals surface area contributed by atoms with Crippen molar-refractivity contribution in [3.8, 4) is 0 Å². The molecular formula is C18H34O2. The van der Waals surface area contributed by atoms with Crippen LogP contribution >= 0.6 is 0 Å². The Morgan fingerprint density at radius 3 is 1.45 bits per heavy atom. The van der Waals surface area contributed by atoms with Crippen molar-refractivity contribution < 1.29 is 9.47 Å². The molecule has 0 saturated heterocycles. The monoisotopic (exact) mass is 282 g/mol. The lowest BCUT2D eigenvalue weighted by atomic mass is 9.99. The van der Waals surface area contributed by atoms with E-state index in [4.69, 9.17) is 9.47 Å². The highest BCUT2D eigenvalue weighted by molar-refractivity contribution is 4.83. The van der Waals surface area contributed by atoms with Crippen molar-refractivity contribution in [3.05, 3.63) is 12.5 Å². The van der Waals surface area contributed by atoms with Gasteiger partial charge < -0.3 is 9.47 Å². The van der Waals surface area contributed by atoms with Gasteiger partial charge in [0.2, 0.25) is 5.79 Å². The molecule has 0 radical (unpaired) electrons. The largest absolute Gasteiger partial charge is 0.457 e. The summed E-state index contributed by atoms with van der Waals surface area (Å²) in [4.78, 5) is 0.